The molecular formula is C16H19FN6O2S. The third kappa shape index (κ3) is 4.57. The lowest BCUT2D eigenvalue weighted by Gasteiger charge is -2.20. The van der Waals surface area contributed by atoms with Crippen molar-refractivity contribution in [3.05, 3.63) is 30.1 Å². The molecule has 1 aliphatic rings. The van der Waals surface area contributed by atoms with Gasteiger partial charge in [-0.25, -0.2) is 4.39 Å². The third-order valence-electron chi connectivity index (χ3n) is 4.15. The molecule has 0 unspecified atom stereocenters. The molecule has 1 saturated carbocycles. The van der Waals surface area contributed by atoms with Gasteiger partial charge in [0, 0.05) is 5.92 Å². The van der Waals surface area contributed by atoms with E-state index in [4.69, 9.17) is 0 Å². The highest BCUT2D eigenvalue weighted by Gasteiger charge is 2.21. The number of carbonyl (C=O) groups is 2. The van der Waals surface area contributed by atoms with Crippen molar-refractivity contribution in [1.82, 2.24) is 31.1 Å². The Labute approximate surface area is 153 Å². The molecule has 0 bridgehead atoms. The van der Waals surface area contributed by atoms with E-state index in [-0.39, 0.29) is 34.3 Å². The number of para-hydroxylation sites is 1. The number of tetrazole rings is 1. The number of hydrogen-bond donors (Lipinski definition) is 2. The maximum atomic E-state index is 13.9. The molecule has 1 aliphatic carbocycles. The predicted octanol–water partition coefficient (Wildman–Crippen LogP) is 1.62. The van der Waals surface area contributed by atoms with Crippen molar-refractivity contribution in [2.24, 2.45) is 5.92 Å². The summed E-state index contributed by atoms with van der Waals surface area (Å²) in [7, 11) is 0. The molecular weight excluding hydrogens is 359 g/mol. The van der Waals surface area contributed by atoms with Crippen molar-refractivity contribution >= 4 is 23.6 Å². The van der Waals surface area contributed by atoms with Crippen LogP contribution in [0.4, 0.5) is 4.39 Å². The summed E-state index contributed by atoms with van der Waals surface area (Å²) in [6, 6.07) is 6.08. The molecule has 3 rings (SSSR count). The van der Waals surface area contributed by atoms with Crippen molar-refractivity contribution in [1.29, 1.82) is 0 Å². The van der Waals surface area contributed by atoms with Gasteiger partial charge < -0.3 is 0 Å². The molecule has 0 atom stereocenters. The van der Waals surface area contributed by atoms with Gasteiger partial charge in [0.15, 0.2) is 0 Å². The highest BCUT2D eigenvalue weighted by atomic mass is 32.2. The lowest BCUT2D eigenvalue weighted by atomic mass is 9.89. The number of aromatic nitrogens is 4. The minimum Gasteiger partial charge on any atom is -0.273 e. The number of amides is 2. The number of hydrazine groups is 1. The van der Waals surface area contributed by atoms with E-state index < -0.39 is 5.82 Å². The van der Waals surface area contributed by atoms with Crippen LogP contribution < -0.4 is 10.9 Å². The first-order valence-corrected chi connectivity index (χ1v) is 9.38. The second kappa shape index (κ2) is 8.75. The van der Waals surface area contributed by atoms with Gasteiger partial charge in [0.1, 0.15) is 11.5 Å². The van der Waals surface area contributed by atoms with Gasteiger partial charge in [-0.05, 0) is 35.4 Å². The molecule has 10 heteroatoms. The zero-order valence-corrected chi connectivity index (χ0v) is 14.8. The smallest absolute Gasteiger partial charge is 0.248 e. The predicted molar refractivity (Wildman–Crippen MR) is 92.7 cm³/mol. The van der Waals surface area contributed by atoms with Gasteiger partial charge in [-0.3, -0.25) is 20.4 Å². The van der Waals surface area contributed by atoms with E-state index >= 15 is 0 Å². The number of rotatable bonds is 5. The van der Waals surface area contributed by atoms with E-state index in [1.165, 1.54) is 10.7 Å². The molecule has 0 spiro atoms. The summed E-state index contributed by atoms with van der Waals surface area (Å²) in [6.45, 7) is 0. The van der Waals surface area contributed by atoms with E-state index in [2.05, 4.69) is 26.4 Å². The fraction of sp³-hybridized carbons (Fsp3) is 0.438. The van der Waals surface area contributed by atoms with Crippen LogP contribution in [0.5, 0.6) is 0 Å². The van der Waals surface area contributed by atoms with Crippen LogP contribution in [0.2, 0.25) is 0 Å². The van der Waals surface area contributed by atoms with Crippen molar-refractivity contribution < 1.29 is 14.0 Å². The minimum atomic E-state index is -0.467. The van der Waals surface area contributed by atoms with Gasteiger partial charge in [0.25, 0.3) is 0 Å². The molecule has 2 N–H and O–H groups in total. The first-order valence-electron chi connectivity index (χ1n) is 8.40. The van der Waals surface area contributed by atoms with Crippen molar-refractivity contribution in [3.63, 3.8) is 0 Å². The Morgan fingerprint density at radius 3 is 2.73 bits per heavy atom. The lowest BCUT2D eigenvalue weighted by molar-refractivity contribution is -0.131. The van der Waals surface area contributed by atoms with Gasteiger partial charge in [-0.2, -0.15) is 4.68 Å². The van der Waals surface area contributed by atoms with Crippen LogP contribution in [0.15, 0.2) is 29.4 Å². The summed E-state index contributed by atoms with van der Waals surface area (Å²) in [5.74, 6) is -1.06. The molecule has 1 heterocycles. The second-order valence-electron chi connectivity index (χ2n) is 5.99. The molecule has 26 heavy (non-hydrogen) atoms. The topological polar surface area (TPSA) is 102 Å². The molecule has 0 radical (unpaired) electrons. The van der Waals surface area contributed by atoms with Crippen LogP contribution in [0, 0.1) is 11.7 Å². The molecule has 1 fully saturated rings. The van der Waals surface area contributed by atoms with E-state index in [0.29, 0.717) is 0 Å². The lowest BCUT2D eigenvalue weighted by Crippen LogP contribution is -2.45. The quantitative estimate of drug-likeness (QED) is 0.606. The first-order chi connectivity index (χ1) is 12.6. The monoisotopic (exact) mass is 378 g/mol. The van der Waals surface area contributed by atoms with Crippen LogP contribution in [0.25, 0.3) is 5.69 Å². The molecule has 1 aromatic carbocycles. The average Bonchev–Trinajstić information content (AvgIpc) is 3.14. The van der Waals surface area contributed by atoms with E-state index in [1.807, 2.05) is 0 Å². The van der Waals surface area contributed by atoms with Crippen LogP contribution in [-0.2, 0) is 9.59 Å². The van der Waals surface area contributed by atoms with Crippen LogP contribution >= 0.6 is 11.8 Å². The van der Waals surface area contributed by atoms with Crippen molar-refractivity contribution in [2.45, 2.75) is 37.3 Å². The number of halogens is 1. The standard InChI is InChI=1S/C16H19FN6O2S/c17-12-8-4-5-9-13(12)23-16(20-21-22-23)26-10-14(24)18-19-15(25)11-6-2-1-3-7-11/h4-5,8-9,11H,1-3,6-7,10H2,(H,18,24)(H,19,25). The summed E-state index contributed by atoms with van der Waals surface area (Å²) in [6.07, 6.45) is 4.95. The fourth-order valence-corrected chi connectivity index (χ4v) is 3.49. The Bertz CT molecular complexity index is 778. The molecule has 1 aromatic heterocycles. The Morgan fingerprint density at radius 2 is 1.96 bits per heavy atom. The summed E-state index contributed by atoms with van der Waals surface area (Å²) < 4.78 is 15.1. The van der Waals surface area contributed by atoms with Crippen LogP contribution in [0.3, 0.4) is 0 Å². The fourth-order valence-electron chi connectivity index (χ4n) is 2.81. The summed E-state index contributed by atoms with van der Waals surface area (Å²) in [5, 5.41) is 11.4. The maximum Gasteiger partial charge on any atom is 0.248 e. The number of thioether (sulfide) groups is 1. The molecule has 138 valence electrons. The summed E-state index contributed by atoms with van der Waals surface area (Å²) in [5.41, 5.74) is 5.07. The number of hydrogen-bond acceptors (Lipinski definition) is 6. The normalized spacial score (nSPS) is 14.8. The van der Waals surface area contributed by atoms with Gasteiger partial charge in [-0.1, -0.05) is 43.2 Å². The Morgan fingerprint density at radius 1 is 1.19 bits per heavy atom. The van der Waals surface area contributed by atoms with Gasteiger partial charge in [0.05, 0.1) is 5.75 Å². The number of carbonyl (C=O) groups excluding carboxylic acids is 2. The van der Waals surface area contributed by atoms with Crippen LogP contribution in [0.1, 0.15) is 32.1 Å². The number of nitrogens with zero attached hydrogens (tertiary/aromatic N) is 4. The molecule has 8 nitrogen and oxygen atoms in total. The first kappa shape index (κ1) is 18.3. The minimum absolute atomic E-state index is 0.0141. The Kier molecular flexibility index (Phi) is 6.16. The van der Waals surface area contributed by atoms with E-state index in [0.717, 1.165) is 43.9 Å². The average molecular weight is 378 g/mol. The van der Waals surface area contributed by atoms with Crippen molar-refractivity contribution in [3.8, 4) is 5.69 Å². The SMILES string of the molecule is O=C(CSc1nnnn1-c1ccccc1F)NNC(=O)C1CCCCC1. The van der Waals surface area contributed by atoms with Crippen molar-refractivity contribution in [2.75, 3.05) is 5.75 Å². The van der Waals surface area contributed by atoms with Gasteiger partial charge in [-0.15, -0.1) is 5.10 Å². The highest BCUT2D eigenvalue weighted by Crippen LogP contribution is 2.23. The third-order valence-corrected chi connectivity index (χ3v) is 5.07. The molecule has 0 aliphatic heterocycles. The molecule has 2 aromatic rings. The second-order valence-corrected chi connectivity index (χ2v) is 6.93. The molecule has 2 amide bonds. The number of benzene rings is 1. The van der Waals surface area contributed by atoms with Gasteiger partial charge >= 0.3 is 0 Å². The van der Waals surface area contributed by atoms with E-state index in [9.17, 15) is 14.0 Å². The van der Waals surface area contributed by atoms with Crippen LogP contribution in [-0.4, -0.2) is 37.8 Å². The maximum absolute atomic E-state index is 13.9. The largest absolute Gasteiger partial charge is 0.273 e. The molecule has 0 saturated heterocycles. The Hall–Kier alpha value is -2.49. The van der Waals surface area contributed by atoms with Gasteiger partial charge in [0.2, 0.25) is 17.0 Å². The highest BCUT2D eigenvalue weighted by molar-refractivity contribution is 7.99. The van der Waals surface area contributed by atoms with E-state index in [1.54, 1.807) is 18.2 Å². The zero-order valence-electron chi connectivity index (χ0n) is 14.0. The summed E-state index contributed by atoms with van der Waals surface area (Å²) in [4.78, 5) is 23.9. The number of nitrogens with one attached hydrogen (secondary N) is 2. The Balaban J connectivity index is 1.50. The summed E-state index contributed by atoms with van der Waals surface area (Å²) >= 11 is 1.05. The zero-order chi connectivity index (χ0) is 18.4.